The fourth-order valence-electron chi connectivity index (χ4n) is 2.50. The Morgan fingerprint density at radius 1 is 1.41 bits per heavy atom. The third-order valence-corrected chi connectivity index (χ3v) is 3.64. The van der Waals surface area contributed by atoms with Gasteiger partial charge in [0.2, 0.25) is 0 Å². The summed E-state index contributed by atoms with van der Waals surface area (Å²) in [6, 6.07) is 0. The molecule has 8 nitrogen and oxygen atoms in total. The Hall–Kier alpha value is -0.770. The summed E-state index contributed by atoms with van der Waals surface area (Å²) in [5.74, 6) is -4.21. The van der Waals surface area contributed by atoms with E-state index in [-0.39, 0.29) is 6.42 Å². The number of carboxylic acid groups (broad SMARTS) is 1. The van der Waals surface area contributed by atoms with Crippen molar-refractivity contribution in [3.05, 3.63) is 0 Å². The SMILES string of the molecule is C[C@H]1C([C@H](O)[C@H](O)CO)O[C@@](OC(C)(C)C)(C(=O)O)C[C@H]1O. The Morgan fingerprint density at radius 2 is 1.95 bits per heavy atom. The molecule has 1 aliphatic rings. The number of carbonyl (C=O) groups is 1. The highest BCUT2D eigenvalue weighted by Crippen LogP contribution is 2.38. The van der Waals surface area contributed by atoms with Crippen molar-refractivity contribution in [3.8, 4) is 0 Å². The van der Waals surface area contributed by atoms with Crippen LogP contribution in [0.3, 0.4) is 0 Å². The zero-order chi connectivity index (χ0) is 17.3. The van der Waals surface area contributed by atoms with Crippen molar-refractivity contribution in [2.24, 2.45) is 5.92 Å². The zero-order valence-corrected chi connectivity index (χ0v) is 13.3. The van der Waals surface area contributed by atoms with Crippen molar-refractivity contribution in [2.75, 3.05) is 6.61 Å². The summed E-state index contributed by atoms with van der Waals surface area (Å²) in [6.45, 7) is 5.76. The maximum absolute atomic E-state index is 11.7. The van der Waals surface area contributed by atoms with E-state index in [4.69, 9.17) is 14.6 Å². The summed E-state index contributed by atoms with van der Waals surface area (Å²) in [7, 11) is 0. The maximum Gasteiger partial charge on any atom is 0.364 e. The third kappa shape index (κ3) is 4.15. The van der Waals surface area contributed by atoms with E-state index in [1.54, 1.807) is 27.7 Å². The van der Waals surface area contributed by atoms with Crippen molar-refractivity contribution in [3.63, 3.8) is 0 Å². The normalized spacial score (nSPS) is 35.9. The number of hydrogen-bond acceptors (Lipinski definition) is 7. The molecule has 0 aromatic rings. The van der Waals surface area contributed by atoms with Crippen LogP contribution in [0, 0.1) is 5.92 Å². The summed E-state index contributed by atoms with van der Waals surface area (Å²) in [5.41, 5.74) is -0.871. The van der Waals surface area contributed by atoms with Gasteiger partial charge in [0.15, 0.2) is 0 Å². The highest BCUT2D eigenvalue weighted by molar-refractivity contribution is 5.76. The molecular formula is C14H26O8. The van der Waals surface area contributed by atoms with Crippen LogP contribution >= 0.6 is 0 Å². The first-order chi connectivity index (χ1) is 9.93. The van der Waals surface area contributed by atoms with Gasteiger partial charge in [-0.1, -0.05) is 6.92 Å². The molecule has 1 unspecified atom stereocenters. The van der Waals surface area contributed by atoms with Gasteiger partial charge >= 0.3 is 5.97 Å². The molecule has 0 saturated carbocycles. The Morgan fingerprint density at radius 3 is 2.36 bits per heavy atom. The van der Waals surface area contributed by atoms with Crippen molar-refractivity contribution in [1.82, 2.24) is 0 Å². The van der Waals surface area contributed by atoms with Gasteiger partial charge in [-0.3, -0.25) is 0 Å². The lowest BCUT2D eigenvalue weighted by atomic mass is 9.84. The topological polar surface area (TPSA) is 137 Å². The number of hydrogen-bond donors (Lipinski definition) is 5. The molecule has 0 aromatic heterocycles. The second kappa shape index (κ2) is 6.77. The van der Waals surface area contributed by atoms with Crippen LogP contribution in [0.15, 0.2) is 0 Å². The molecular weight excluding hydrogens is 296 g/mol. The van der Waals surface area contributed by atoms with Gasteiger partial charge in [0.1, 0.15) is 12.2 Å². The van der Waals surface area contributed by atoms with E-state index in [2.05, 4.69) is 0 Å². The lowest BCUT2D eigenvalue weighted by Crippen LogP contribution is -2.62. The van der Waals surface area contributed by atoms with Gasteiger partial charge in [0, 0.05) is 12.3 Å². The third-order valence-electron chi connectivity index (χ3n) is 3.64. The van der Waals surface area contributed by atoms with Crippen molar-refractivity contribution < 1.29 is 39.8 Å². The molecule has 1 heterocycles. The van der Waals surface area contributed by atoms with E-state index in [1.807, 2.05) is 0 Å². The molecule has 1 saturated heterocycles. The second-order valence-electron chi connectivity index (χ2n) is 6.73. The van der Waals surface area contributed by atoms with E-state index >= 15 is 0 Å². The van der Waals surface area contributed by atoms with E-state index < -0.39 is 54.3 Å². The molecule has 22 heavy (non-hydrogen) atoms. The molecule has 0 bridgehead atoms. The predicted octanol–water partition coefficient (Wildman–Crippen LogP) is -0.918. The number of aliphatic hydroxyl groups excluding tert-OH is 4. The average Bonchev–Trinajstić information content (AvgIpc) is 2.39. The molecule has 1 fully saturated rings. The van der Waals surface area contributed by atoms with Gasteiger partial charge in [-0.05, 0) is 20.8 Å². The number of aliphatic carboxylic acids is 1. The summed E-state index contributed by atoms with van der Waals surface area (Å²) in [5, 5.41) is 48.2. The summed E-state index contributed by atoms with van der Waals surface area (Å²) >= 11 is 0. The maximum atomic E-state index is 11.7. The van der Waals surface area contributed by atoms with Crippen LogP contribution < -0.4 is 0 Å². The average molecular weight is 322 g/mol. The first-order valence-corrected chi connectivity index (χ1v) is 7.20. The minimum Gasteiger partial charge on any atom is -0.477 e. The van der Waals surface area contributed by atoms with Crippen LogP contribution in [0.25, 0.3) is 0 Å². The molecule has 6 atom stereocenters. The largest absolute Gasteiger partial charge is 0.477 e. The van der Waals surface area contributed by atoms with Crippen molar-refractivity contribution in [1.29, 1.82) is 0 Å². The standard InChI is InChI=1S/C14H26O8/c1-7-8(16)5-14(12(19)20,22-13(2,3)4)21-11(7)10(18)9(17)6-15/h7-11,15-18H,5-6H2,1-4H3,(H,19,20)/t7-,8-,9-,10-,11?,14+/m1/s1. The van der Waals surface area contributed by atoms with Gasteiger partial charge in [-0.15, -0.1) is 0 Å². The van der Waals surface area contributed by atoms with Gasteiger partial charge in [0.05, 0.1) is 24.4 Å². The molecule has 0 radical (unpaired) electrons. The molecule has 1 rings (SSSR count). The molecule has 8 heteroatoms. The monoisotopic (exact) mass is 322 g/mol. The molecule has 0 aromatic carbocycles. The zero-order valence-electron chi connectivity index (χ0n) is 13.3. The molecule has 130 valence electrons. The highest BCUT2D eigenvalue weighted by Gasteiger charge is 2.55. The fraction of sp³-hybridized carbons (Fsp3) is 0.929. The second-order valence-corrected chi connectivity index (χ2v) is 6.73. The number of aliphatic hydroxyl groups is 4. The van der Waals surface area contributed by atoms with Crippen molar-refractivity contribution >= 4 is 5.97 Å². The molecule has 0 aliphatic carbocycles. The molecule has 5 N–H and O–H groups in total. The van der Waals surface area contributed by atoms with E-state index in [1.165, 1.54) is 0 Å². The van der Waals surface area contributed by atoms with E-state index in [0.29, 0.717) is 0 Å². The summed E-state index contributed by atoms with van der Waals surface area (Å²) in [6.07, 6.45) is -5.70. The van der Waals surface area contributed by atoms with Crippen LogP contribution in [0.5, 0.6) is 0 Å². The van der Waals surface area contributed by atoms with Crippen LogP contribution in [-0.2, 0) is 14.3 Å². The minimum absolute atomic E-state index is 0.306. The fourth-order valence-corrected chi connectivity index (χ4v) is 2.50. The van der Waals surface area contributed by atoms with E-state index in [0.717, 1.165) is 0 Å². The highest BCUT2D eigenvalue weighted by atomic mass is 16.7. The molecule has 1 aliphatic heterocycles. The first-order valence-electron chi connectivity index (χ1n) is 7.20. The number of carboxylic acids is 1. The lowest BCUT2D eigenvalue weighted by molar-refractivity contribution is -0.339. The predicted molar refractivity (Wildman–Crippen MR) is 75.0 cm³/mol. The van der Waals surface area contributed by atoms with E-state index in [9.17, 15) is 25.2 Å². The van der Waals surface area contributed by atoms with Crippen LogP contribution in [0.1, 0.15) is 34.1 Å². The quantitative estimate of drug-likeness (QED) is 0.438. The van der Waals surface area contributed by atoms with Gasteiger partial charge < -0.3 is 35.0 Å². The lowest BCUT2D eigenvalue weighted by Gasteiger charge is -2.47. The van der Waals surface area contributed by atoms with Crippen molar-refractivity contribution in [2.45, 2.75) is 69.9 Å². The molecule has 0 spiro atoms. The van der Waals surface area contributed by atoms with Crippen LogP contribution in [0.4, 0.5) is 0 Å². The Labute approximate surface area is 129 Å². The van der Waals surface area contributed by atoms with Gasteiger partial charge in [-0.25, -0.2) is 4.79 Å². The van der Waals surface area contributed by atoms with Gasteiger partial charge in [-0.2, -0.15) is 0 Å². The van der Waals surface area contributed by atoms with Crippen LogP contribution in [-0.4, -0.2) is 73.9 Å². The summed E-state index contributed by atoms with van der Waals surface area (Å²) in [4.78, 5) is 11.7. The molecule has 0 amide bonds. The minimum atomic E-state index is -2.13. The van der Waals surface area contributed by atoms with Gasteiger partial charge in [0.25, 0.3) is 5.79 Å². The Kier molecular flexibility index (Phi) is 5.94. The number of ether oxygens (including phenoxy) is 2. The van der Waals surface area contributed by atoms with Crippen LogP contribution in [0.2, 0.25) is 0 Å². The number of rotatable bonds is 5. The first kappa shape index (κ1) is 19.3. The summed E-state index contributed by atoms with van der Waals surface area (Å²) < 4.78 is 11.0. The smallest absolute Gasteiger partial charge is 0.364 e. The Bertz CT molecular complexity index is 393. The Balaban J connectivity index is 3.13.